The molecule has 2 aliphatic heterocycles. The van der Waals surface area contributed by atoms with E-state index in [-0.39, 0.29) is 36.0 Å². The molecule has 0 saturated heterocycles. The second-order valence-corrected chi connectivity index (χ2v) is 20.5. The molecule has 1 aliphatic carbocycles. The minimum absolute atomic E-state index is 0.211. The fraction of sp³-hybridized carbons (Fsp3) is 0.111. The molecule has 0 N–H and O–H groups in total. The number of fused-ring (bicyclic) bond motifs is 8. The lowest BCUT2D eigenvalue weighted by atomic mass is 9.89. The molecule has 8 heteroatoms. The number of aryl methyl sites for hydroxylation is 2. The van der Waals surface area contributed by atoms with Crippen molar-refractivity contribution in [3.05, 3.63) is 245 Å². The zero-order valence-electron chi connectivity index (χ0n) is 34.3. The molecule has 8 aromatic carbocycles. The lowest BCUT2D eigenvalue weighted by Gasteiger charge is -2.16. The van der Waals surface area contributed by atoms with Crippen molar-refractivity contribution in [1.29, 1.82) is 0 Å². The number of nitrogens with zero attached hydrogens (tertiary/aromatic N) is 2. The fourth-order valence-electron chi connectivity index (χ4n) is 9.81. The maximum atomic E-state index is 14.5. The summed E-state index contributed by atoms with van der Waals surface area (Å²) in [6, 6.07) is 56.1. The Hall–Kier alpha value is -6.42. The van der Waals surface area contributed by atoms with Crippen molar-refractivity contribution >= 4 is 20.0 Å². The largest absolute Gasteiger partial charge is 0.243 e. The van der Waals surface area contributed by atoms with Crippen LogP contribution in [0.25, 0.3) is 22.3 Å². The summed E-state index contributed by atoms with van der Waals surface area (Å²) < 4.78 is 61.3. The fourth-order valence-corrected chi connectivity index (χ4v) is 12.6. The summed E-state index contributed by atoms with van der Waals surface area (Å²) >= 11 is 0. The molecule has 0 radical (unpaired) electrons. The summed E-state index contributed by atoms with van der Waals surface area (Å²) in [4.78, 5) is 0.556. The maximum absolute atomic E-state index is 14.5. The van der Waals surface area contributed by atoms with Gasteiger partial charge in [0.25, 0.3) is 0 Å². The van der Waals surface area contributed by atoms with Gasteiger partial charge in [-0.1, -0.05) is 145 Å². The van der Waals surface area contributed by atoms with Crippen molar-refractivity contribution in [2.24, 2.45) is 0 Å². The van der Waals surface area contributed by atoms with E-state index >= 15 is 0 Å². The summed E-state index contributed by atoms with van der Waals surface area (Å²) in [6.07, 6.45) is 0. The quantitative estimate of drug-likeness (QED) is 0.167. The Morgan fingerprint density at radius 1 is 0.355 bits per heavy atom. The van der Waals surface area contributed by atoms with Crippen LogP contribution in [0.2, 0.25) is 0 Å². The highest BCUT2D eigenvalue weighted by Crippen LogP contribution is 2.40. The molecule has 0 aromatic heterocycles. The van der Waals surface area contributed by atoms with Gasteiger partial charge in [-0.05, 0) is 137 Å². The van der Waals surface area contributed by atoms with Gasteiger partial charge in [-0.3, -0.25) is 0 Å². The highest BCUT2D eigenvalue weighted by atomic mass is 32.2. The van der Waals surface area contributed by atoms with E-state index in [0.717, 1.165) is 97.4 Å². The minimum atomic E-state index is -3.85. The third-order valence-electron chi connectivity index (χ3n) is 12.9. The monoisotopic (exact) mass is 846 g/mol. The Labute approximate surface area is 360 Å². The van der Waals surface area contributed by atoms with Crippen LogP contribution in [0.15, 0.2) is 180 Å². The summed E-state index contributed by atoms with van der Waals surface area (Å²) in [5.74, 6) is 0. The summed E-state index contributed by atoms with van der Waals surface area (Å²) in [5, 5.41) is 8.07. The van der Waals surface area contributed by atoms with Crippen LogP contribution in [-0.4, -0.2) is 25.4 Å². The lowest BCUT2D eigenvalue weighted by molar-refractivity contribution is 0.431. The predicted octanol–water partition coefficient (Wildman–Crippen LogP) is 10.5. The van der Waals surface area contributed by atoms with E-state index in [2.05, 4.69) is 84.9 Å². The molecule has 6 nitrogen and oxygen atoms in total. The van der Waals surface area contributed by atoms with Gasteiger partial charge in [0.05, 0.1) is 9.79 Å². The molecular formula is C54H42N2O4S2. The number of hydrogen-bond acceptors (Lipinski definition) is 4. The zero-order valence-corrected chi connectivity index (χ0v) is 36.0. The molecule has 0 atom stereocenters. The van der Waals surface area contributed by atoms with Crippen molar-refractivity contribution in [3.63, 3.8) is 0 Å². The zero-order chi connectivity index (χ0) is 42.3. The van der Waals surface area contributed by atoms with Crippen LogP contribution in [0.5, 0.6) is 0 Å². The first-order valence-electron chi connectivity index (χ1n) is 20.9. The molecule has 0 saturated carbocycles. The van der Waals surface area contributed by atoms with Crippen LogP contribution in [0.1, 0.15) is 33.4 Å². The van der Waals surface area contributed by atoms with Gasteiger partial charge < -0.3 is 0 Å². The second kappa shape index (κ2) is 14.6. The van der Waals surface area contributed by atoms with Crippen LogP contribution in [0.3, 0.4) is 0 Å². The number of hydrogen-bond donors (Lipinski definition) is 0. The number of rotatable bonds is 6. The SMILES string of the molecule is Cc1ccc(S(=O)(=O)N2Cc3c(-c4ccccc4)cc4/c(c3C2)=c2/cccc/c2=c2\cc(-c3ccccc3)c3c(\c2=c2/cccc/c2=4)CN(S(=O)(=O)c2ccc(C)cc2)C3)cc1. The van der Waals surface area contributed by atoms with E-state index in [9.17, 15) is 16.8 Å². The van der Waals surface area contributed by atoms with E-state index in [0.29, 0.717) is 0 Å². The molecule has 8 aromatic rings. The molecule has 62 heavy (non-hydrogen) atoms. The summed E-state index contributed by atoms with van der Waals surface area (Å²) in [7, 11) is -7.71. The standard InChI is InChI=1S/C54H42N2O4S2/c1-35-21-25-39(26-22-35)61(57,58)55-31-49-45(37-13-5-3-6-14-37)29-47-42-18-10-12-20-44(42)54-48(41-17-9-11-19-43(41)53(47)51(49)33-55)30-46(38-15-7-4-8-16-38)50-32-56(34-52(50)54)62(59,60)40-27-23-36(2)24-28-40/h3-30H,31-34H2,1-2H3/b47-42-,48-41-,53-43+,54-44+. The highest BCUT2D eigenvalue weighted by molar-refractivity contribution is 7.89. The molecule has 0 fully saturated rings. The van der Waals surface area contributed by atoms with E-state index < -0.39 is 20.0 Å². The van der Waals surface area contributed by atoms with Crippen LogP contribution < -0.4 is 0 Å². The van der Waals surface area contributed by atoms with E-state index in [1.165, 1.54) is 0 Å². The van der Waals surface area contributed by atoms with E-state index in [4.69, 9.17) is 0 Å². The van der Waals surface area contributed by atoms with Gasteiger partial charge in [-0.25, -0.2) is 16.8 Å². The van der Waals surface area contributed by atoms with Crippen LogP contribution in [0, 0.1) is 55.6 Å². The molecule has 0 spiro atoms. The third kappa shape index (κ3) is 6.12. The van der Waals surface area contributed by atoms with Crippen LogP contribution in [-0.2, 0) is 46.2 Å². The molecular weight excluding hydrogens is 805 g/mol. The van der Waals surface area contributed by atoms with Crippen molar-refractivity contribution in [3.8, 4) is 22.3 Å². The van der Waals surface area contributed by atoms with Crippen molar-refractivity contribution in [1.82, 2.24) is 8.61 Å². The average Bonchev–Trinajstić information content (AvgIpc) is 3.96. The van der Waals surface area contributed by atoms with E-state index in [1.807, 2.05) is 74.5 Å². The average molecular weight is 847 g/mol. The van der Waals surface area contributed by atoms with Gasteiger partial charge in [0.15, 0.2) is 0 Å². The molecule has 0 amide bonds. The Bertz CT molecular complexity index is 3540. The minimum Gasteiger partial charge on any atom is -0.207 e. The molecule has 304 valence electrons. The van der Waals surface area contributed by atoms with Crippen molar-refractivity contribution < 1.29 is 16.8 Å². The molecule has 2 heterocycles. The van der Waals surface area contributed by atoms with Crippen molar-refractivity contribution in [2.45, 2.75) is 49.8 Å². The van der Waals surface area contributed by atoms with Crippen LogP contribution >= 0.6 is 0 Å². The van der Waals surface area contributed by atoms with Crippen LogP contribution in [0.4, 0.5) is 0 Å². The first kappa shape index (κ1) is 38.5. The van der Waals surface area contributed by atoms with Gasteiger partial charge in [0.2, 0.25) is 20.0 Å². The lowest BCUT2D eigenvalue weighted by Crippen LogP contribution is -2.25. The highest BCUT2D eigenvalue weighted by Gasteiger charge is 2.35. The summed E-state index contributed by atoms with van der Waals surface area (Å²) in [6.45, 7) is 4.81. The molecule has 0 unspecified atom stereocenters. The van der Waals surface area contributed by atoms with Gasteiger partial charge in [0.1, 0.15) is 0 Å². The topological polar surface area (TPSA) is 74.8 Å². The maximum Gasteiger partial charge on any atom is 0.243 e. The Balaban J connectivity index is 1.31. The molecule has 11 rings (SSSR count). The Morgan fingerprint density at radius 2 is 0.677 bits per heavy atom. The van der Waals surface area contributed by atoms with Gasteiger partial charge in [0, 0.05) is 26.2 Å². The first-order valence-corrected chi connectivity index (χ1v) is 23.8. The van der Waals surface area contributed by atoms with Crippen molar-refractivity contribution in [2.75, 3.05) is 0 Å². The number of sulfonamides is 2. The summed E-state index contributed by atoms with van der Waals surface area (Å²) in [5.41, 5.74) is 9.98. The van der Waals surface area contributed by atoms with E-state index in [1.54, 1.807) is 32.9 Å². The first-order chi connectivity index (χ1) is 30.1. The van der Waals surface area contributed by atoms with Gasteiger partial charge in [-0.2, -0.15) is 8.61 Å². The molecule has 3 aliphatic rings. The molecule has 0 bridgehead atoms. The number of benzene rings is 8. The smallest absolute Gasteiger partial charge is 0.207 e. The Morgan fingerprint density at radius 3 is 1.05 bits per heavy atom. The Kier molecular flexibility index (Phi) is 9.07. The predicted molar refractivity (Wildman–Crippen MR) is 243 cm³/mol. The second-order valence-electron chi connectivity index (χ2n) is 16.6. The van der Waals surface area contributed by atoms with Gasteiger partial charge in [-0.15, -0.1) is 0 Å². The normalized spacial score (nSPS) is 16.8. The third-order valence-corrected chi connectivity index (χ3v) is 16.5. The van der Waals surface area contributed by atoms with Gasteiger partial charge >= 0.3 is 0 Å².